The van der Waals surface area contributed by atoms with E-state index in [1.165, 1.54) is 41.3 Å². The summed E-state index contributed by atoms with van der Waals surface area (Å²) in [6.45, 7) is -0.448. The van der Waals surface area contributed by atoms with E-state index in [1.54, 1.807) is 0 Å². The van der Waals surface area contributed by atoms with Gasteiger partial charge in [0.05, 0.1) is 12.9 Å². The minimum absolute atomic E-state index is 0.107. The summed E-state index contributed by atoms with van der Waals surface area (Å²) >= 11 is 0. The molecular weight excluding hydrogens is 546 g/mol. The Labute approximate surface area is 228 Å². The van der Waals surface area contributed by atoms with Gasteiger partial charge in [0.15, 0.2) is 29.0 Å². The van der Waals surface area contributed by atoms with E-state index in [1.807, 2.05) is 0 Å². The lowest BCUT2D eigenvalue weighted by Crippen LogP contribution is -2.32. The SMILES string of the molecule is O=NC[C@H]1O[C@@H](n2cnc3c(NC4CCCC4)nc(CNC(=O)C4=CC=CC(S(=O)(=O)O)C=C4)nc32)[C@H](O)[C@@H]1O. The van der Waals surface area contributed by atoms with Crippen molar-refractivity contribution in [2.24, 2.45) is 5.18 Å². The number of anilines is 1. The minimum Gasteiger partial charge on any atom is -0.387 e. The highest BCUT2D eigenvalue weighted by Crippen LogP contribution is 2.33. The first-order valence-electron chi connectivity index (χ1n) is 12.8. The molecule has 2 aromatic rings. The summed E-state index contributed by atoms with van der Waals surface area (Å²) in [5.74, 6) is 0.125. The number of amides is 1. The van der Waals surface area contributed by atoms with Gasteiger partial charge < -0.3 is 25.6 Å². The molecule has 5 atom stereocenters. The Kier molecular flexibility index (Phi) is 8.04. The summed E-state index contributed by atoms with van der Waals surface area (Å²) in [5, 5.41) is 28.5. The van der Waals surface area contributed by atoms with Crippen molar-refractivity contribution in [3.05, 3.63) is 53.0 Å². The van der Waals surface area contributed by atoms with Crippen molar-refractivity contribution in [1.82, 2.24) is 24.8 Å². The zero-order chi connectivity index (χ0) is 28.4. The average molecular weight is 576 g/mol. The Morgan fingerprint density at radius 1 is 1.18 bits per heavy atom. The Balaban J connectivity index is 1.41. The third-order valence-electron chi connectivity index (χ3n) is 7.08. The van der Waals surface area contributed by atoms with Crippen LogP contribution >= 0.6 is 0 Å². The van der Waals surface area contributed by atoms with Crippen LogP contribution in [0.4, 0.5) is 5.82 Å². The van der Waals surface area contributed by atoms with Crippen LogP contribution in [0.25, 0.3) is 11.2 Å². The number of ether oxygens (including phenoxy) is 1. The van der Waals surface area contributed by atoms with Gasteiger partial charge in [0.2, 0.25) is 0 Å². The Morgan fingerprint density at radius 2 is 1.95 bits per heavy atom. The zero-order valence-corrected chi connectivity index (χ0v) is 22.0. The number of allylic oxidation sites excluding steroid dienone is 2. The Bertz CT molecular complexity index is 1480. The van der Waals surface area contributed by atoms with Gasteiger partial charge in [0, 0.05) is 11.6 Å². The molecule has 16 heteroatoms. The van der Waals surface area contributed by atoms with Gasteiger partial charge in [0.25, 0.3) is 16.0 Å². The van der Waals surface area contributed by atoms with Crippen molar-refractivity contribution >= 4 is 33.0 Å². The van der Waals surface area contributed by atoms with Crippen LogP contribution in [0.1, 0.15) is 37.7 Å². The Hall–Kier alpha value is -3.57. The second-order valence-electron chi connectivity index (χ2n) is 9.82. The second kappa shape index (κ2) is 11.5. The van der Waals surface area contributed by atoms with Crippen LogP contribution in [0.5, 0.6) is 0 Å². The number of aliphatic hydroxyl groups excluding tert-OH is 2. The van der Waals surface area contributed by atoms with Crippen molar-refractivity contribution in [2.45, 2.75) is 68.1 Å². The molecule has 3 aliphatic rings. The predicted molar refractivity (Wildman–Crippen MR) is 141 cm³/mol. The molecule has 0 bridgehead atoms. The number of aliphatic hydroxyl groups is 2. The first-order chi connectivity index (χ1) is 19.2. The lowest BCUT2D eigenvalue weighted by atomic mass is 10.1. The van der Waals surface area contributed by atoms with Crippen LogP contribution in [0, 0.1) is 4.91 Å². The highest BCUT2D eigenvalue weighted by Gasteiger charge is 2.44. The van der Waals surface area contributed by atoms with Gasteiger partial charge in [-0.05, 0) is 18.9 Å². The summed E-state index contributed by atoms with van der Waals surface area (Å²) in [5.41, 5.74) is 0.840. The molecule has 5 rings (SSSR count). The fraction of sp³-hybridized carbons (Fsp3) is 0.500. The molecule has 5 N–H and O–H groups in total. The lowest BCUT2D eigenvalue weighted by Gasteiger charge is -2.18. The third kappa shape index (κ3) is 5.80. The minimum atomic E-state index is -4.35. The van der Waals surface area contributed by atoms with Gasteiger partial charge in [-0.1, -0.05) is 42.3 Å². The molecule has 40 heavy (non-hydrogen) atoms. The molecule has 1 saturated carbocycles. The van der Waals surface area contributed by atoms with Crippen LogP contribution in [-0.2, 0) is 26.2 Å². The van der Waals surface area contributed by atoms with Crippen LogP contribution < -0.4 is 10.6 Å². The molecular formula is C24H29N7O8S. The molecule has 214 valence electrons. The molecule has 2 aromatic heterocycles. The lowest BCUT2D eigenvalue weighted by molar-refractivity contribution is -0.117. The number of aromatic nitrogens is 4. The molecule has 15 nitrogen and oxygen atoms in total. The normalized spacial score (nSPS) is 27.1. The summed E-state index contributed by atoms with van der Waals surface area (Å²) in [7, 11) is -4.35. The number of rotatable bonds is 9. The molecule has 0 aromatic carbocycles. The van der Waals surface area contributed by atoms with Gasteiger partial charge in [-0.3, -0.25) is 13.9 Å². The number of hydrogen-bond acceptors (Lipinski definition) is 12. The number of imidazole rings is 1. The Morgan fingerprint density at radius 3 is 2.67 bits per heavy atom. The molecule has 2 fully saturated rings. The summed E-state index contributed by atoms with van der Waals surface area (Å²) in [6.07, 6.45) is 7.18. The number of fused-ring (bicyclic) bond motifs is 1. The van der Waals surface area contributed by atoms with Gasteiger partial charge in [-0.25, -0.2) is 15.0 Å². The van der Waals surface area contributed by atoms with Gasteiger partial charge in [-0.2, -0.15) is 13.3 Å². The van der Waals surface area contributed by atoms with E-state index in [0.717, 1.165) is 25.7 Å². The van der Waals surface area contributed by atoms with Crippen molar-refractivity contribution < 1.29 is 32.7 Å². The summed E-state index contributed by atoms with van der Waals surface area (Å²) in [4.78, 5) is 37.1. The monoisotopic (exact) mass is 575 g/mol. The first kappa shape index (κ1) is 28.0. The maximum Gasteiger partial charge on any atom is 0.275 e. The fourth-order valence-electron chi connectivity index (χ4n) is 4.97. The number of hydrogen-bond donors (Lipinski definition) is 5. The van der Waals surface area contributed by atoms with Crippen molar-refractivity contribution in [2.75, 3.05) is 11.9 Å². The molecule has 0 radical (unpaired) electrons. The van der Waals surface area contributed by atoms with Crippen LogP contribution in [0.3, 0.4) is 0 Å². The van der Waals surface area contributed by atoms with E-state index in [0.29, 0.717) is 11.3 Å². The van der Waals surface area contributed by atoms with Gasteiger partial charge in [-0.15, -0.1) is 0 Å². The third-order valence-corrected chi connectivity index (χ3v) is 8.09. The molecule has 1 saturated heterocycles. The van der Waals surface area contributed by atoms with Gasteiger partial charge >= 0.3 is 0 Å². The zero-order valence-electron chi connectivity index (χ0n) is 21.2. The van der Waals surface area contributed by atoms with E-state index in [2.05, 4.69) is 30.8 Å². The van der Waals surface area contributed by atoms with Crippen LogP contribution in [-0.4, -0.2) is 84.8 Å². The first-order valence-corrected chi connectivity index (χ1v) is 14.3. The smallest absolute Gasteiger partial charge is 0.275 e. The number of carbonyl (C=O) groups is 1. The summed E-state index contributed by atoms with van der Waals surface area (Å²) in [6, 6.07) is 0.174. The maximum atomic E-state index is 12.8. The van der Waals surface area contributed by atoms with Gasteiger partial charge in [0.1, 0.15) is 30.1 Å². The van der Waals surface area contributed by atoms with Crippen molar-refractivity contribution in [1.29, 1.82) is 0 Å². The molecule has 1 aliphatic heterocycles. The number of nitroso groups, excluding NO2 is 1. The number of nitrogens with one attached hydrogen (secondary N) is 2. The fourth-order valence-corrected chi connectivity index (χ4v) is 5.54. The standard InChI is InChI=1S/C24H29N7O8S/c32-19-16(10-27-35)39-24(20(19)33)31-12-26-18-21(28-14-5-1-2-6-14)29-17(30-22(18)31)11-25-23(34)13-4-3-7-15(9-8-13)40(36,37)38/h3-4,7-9,12,14-16,19-20,24,32-33H,1-2,5-6,10-11H2,(H,25,34)(H,28,29,30)(H,36,37,38)/t15?,16-,19-,20-,24-/m1/s1. The van der Waals surface area contributed by atoms with E-state index in [4.69, 9.17) is 4.74 Å². The highest BCUT2D eigenvalue weighted by atomic mass is 32.2. The van der Waals surface area contributed by atoms with E-state index < -0.39 is 45.8 Å². The van der Waals surface area contributed by atoms with Crippen LogP contribution in [0.15, 0.2) is 47.5 Å². The summed E-state index contributed by atoms with van der Waals surface area (Å²) < 4.78 is 39.3. The molecule has 0 spiro atoms. The number of carbonyl (C=O) groups excluding carboxylic acids is 1. The molecule has 1 unspecified atom stereocenters. The topological polar surface area (TPSA) is 218 Å². The molecule has 3 heterocycles. The van der Waals surface area contributed by atoms with E-state index in [-0.39, 0.29) is 36.2 Å². The van der Waals surface area contributed by atoms with Crippen LogP contribution in [0.2, 0.25) is 0 Å². The maximum absolute atomic E-state index is 12.8. The predicted octanol–water partition coefficient (Wildman–Crippen LogP) is 0.491. The van der Waals surface area contributed by atoms with E-state index >= 15 is 0 Å². The molecule has 1 amide bonds. The average Bonchev–Trinajstić information content (AvgIpc) is 3.58. The highest BCUT2D eigenvalue weighted by molar-refractivity contribution is 7.86. The number of nitrogens with zero attached hydrogens (tertiary/aromatic N) is 5. The van der Waals surface area contributed by atoms with Crippen molar-refractivity contribution in [3.63, 3.8) is 0 Å². The quantitative estimate of drug-likeness (QED) is 0.204. The largest absolute Gasteiger partial charge is 0.387 e. The second-order valence-corrected chi connectivity index (χ2v) is 11.4. The van der Waals surface area contributed by atoms with Crippen molar-refractivity contribution in [3.8, 4) is 0 Å². The molecule has 2 aliphatic carbocycles. The van der Waals surface area contributed by atoms with E-state index in [9.17, 15) is 32.9 Å².